The predicted molar refractivity (Wildman–Crippen MR) is 67.9 cm³/mol. The number of non-ortho nitro benzene ring substituents is 1. The van der Waals surface area contributed by atoms with Crippen LogP contribution in [0.3, 0.4) is 0 Å². The van der Waals surface area contributed by atoms with Crippen molar-refractivity contribution >= 4 is 22.7 Å². The topological polar surface area (TPSA) is 71.0 Å². The number of likely N-dealkylation sites (N-methyl/N-ethyl adjacent to an activating group) is 1. The Morgan fingerprint density at radius 3 is 3.06 bits per heavy atom. The van der Waals surface area contributed by atoms with E-state index in [2.05, 4.69) is 10.3 Å². The van der Waals surface area contributed by atoms with Crippen LogP contribution in [0.2, 0.25) is 0 Å². The molecule has 0 atom stereocenters. The minimum Gasteiger partial charge on any atom is -0.361 e. The minimum atomic E-state index is -0.381. The number of nitro benzene ring substituents is 1. The molecule has 0 aliphatic heterocycles. The number of benzene rings is 1. The Bertz CT molecular complexity index is 572. The lowest BCUT2D eigenvalue weighted by molar-refractivity contribution is -0.384. The summed E-state index contributed by atoms with van der Waals surface area (Å²) < 4.78 is 0. The number of hydrogen-bond donors (Lipinski definition) is 2. The highest BCUT2D eigenvalue weighted by molar-refractivity contribution is 5.90. The Labute approximate surface area is 98.3 Å². The van der Waals surface area contributed by atoms with Gasteiger partial charge in [0.05, 0.1) is 4.92 Å². The number of aromatic amines is 1. The molecular formula is C12H13N3O2. The SMILES string of the molecule is CNCC=Cc1c[nH]c2ccc([N+](=O)[O-])cc12. The van der Waals surface area contributed by atoms with Gasteiger partial charge in [-0.3, -0.25) is 10.1 Å². The van der Waals surface area contributed by atoms with Gasteiger partial charge in [-0.2, -0.15) is 0 Å². The number of fused-ring (bicyclic) bond motifs is 1. The summed E-state index contributed by atoms with van der Waals surface area (Å²) in [6.07, 6.45) is 5.76. The molecule has 0 unspecified atom stereocenters. The Morgan fingerprint density at radius 2 is 2.35 bits per heavy atom. The molecule has 0 aliphatic rings. The number of rotatable bonds is 4. The first kappa shape index (κ1) is 11.3. The average Bonchev–Trinajstić information content (AvgIpc) is 2.72. The van der Waals surface area contributed by atoms with Gasteiger partial charge in [0.15, 0.2) is 0 Å². The van der Waals surface area contributed by atoms with Gasteiger partial charge in [-0.1, -0.05) is 12.2 Å². The molecule has 2 N–H and O–H groups in total. The first-order chi connectivity index (χ1) is 8.22. The van der Waals surface area contributed by atoms with Crippen molar-refractivity contribution in [3.8, 4) is 0 Å². The molecule has 0 saturated carbocycles. The quantitative estimate of drug-likeness (QED) is 0.626. The van der Waals surface area contributed by atoms with Crippen LogP contribution in [0.1, 0.15) is 5.56 Å². The van der Waals surface area contributed by atoms with Crippen molar-refractivity contribution in [1.29, 1.82) is 0 Å². The summed E-state index contributed by atoms with van der Waals surface area (Å²) in [7, 11) is 1.87. The molecular weight excluding hydrogens is 218 g/mol. The summed E-state index contributed by atoms with van der Waals surface area (Å²) in [6.45, 7) is 0.765. The lowest BCUT2D eigenvalue weighted by atomic mass is 10.1. The molecule has 0 radical (unpaired) electrons. The molecule has 0 spiro atoms. The number of nitro groups is 1. The first-order valence-corrected chi connectivity index (χ1v) is 5.29. The van der Waals surface area contributed by atoms with Gasteiger partial charge < -0.3 is 10.3 Å². The smallest absolute Gasteiger partial charge is 0.270 e. The third-order valence-electron chi connectivity index (χ3n) is 2.53. The molecule has 1 heterocycles. The van der Waals surface area contributed by atoms with Crippen LogP contribution < -0.4 is 5.32 Å². The summed E-state index contributed by atoms with van der Waals surface area (Å²) in [4.78, 5) is 13.4. The number of aromatic nitrogens is 1. The molecule has 0 fully saturated rings. The van der Waals surface area contributed by atoms with E-state index in [0.29, 0.717) is 0 Å². The maximum atomic E-state index is 10.7. The van der Waals surface area contributed by atoms with E-state index in [9.17, 15) is 10.1 Å². The van der Waals surface area contributed by atoms with E-state index in [1.807, 2.05) is 25.4 Å². The Balaban J connectivity index is 2.43. The number of nitrogens with one attached hydrogen (secondary N) is 2. The largest absolute Gasteiger partial charge is 0.361 e. The molecule has 5 nitrogen and oxygen atoms in total. The van der Waals surface area contributed by atoms with Gasteiger partial charge in [0.25, 0.3) is 5.69 Å². The van der Waals surface area contributed by atoms with Gasteiger partial charge in [-0.15, -0.1) is 0 Å². The predicted octanol–water partition coefficient (Wildman–Crippen LogP) is 2.31. The van der Waals surface area contributed by atoms with E-state index in [1.165, 1.54) is 6.07 Å². The van der Waals surface area contributed by atoms with Crippen LogP contribution in [0.4, 0.5) is 5.69 Å². The van der Waals surface area contributed by atoms with Crippen LogP contribution >= 0.6 is 0 Å². The van der Waals surface area contributed by atoms with Crippen LogP contribution in [-0.2, 0) is 0 Å². The molecule has 5 heteroatoms. The standard InChI is InChI=1S/C12H13N3O2/c1-13-6-2-3-9-8-14-12-5-4-10(15(16)17)7-11(9)12/h2-5,7-8,13-14H,6H2,1H3. The second-order valence-electron chi connectivity index (χ2n) is 3.69. The van der Waals surface area contributed by atoms with Crippen molar-refractivity contribution < 1.29 is 4.92 Å². The molecule has 2 aromatic rings. The van der Waals surface area contributed by atoms with Crippen molar-refractivity contribution in [2.75, 3.05) is 13.6 Å². The second kappa shape index (κ2) is 4.80. The van der Waals surface area contributed by atoms with Crippen molar-refractivity contribution in [2.24, 2.45) is 0 Å². The van der Waals surface area contributed by atoms with Crippen LogP contribution in [-0.4, -0.2) is 23.5 Å². The maximum Gasteiger partial charge on any atom is 0.270 e. The van der Waals surface area contributed by atoms with E-state index >= 15 is 0 Å². The number of nitrogens with zero attached hydrogens (tertiary/aromatic N) is 1. The van der Waals surface area contributed by atoms with E-state index in [-0.39, 0.29) is 10.6 Å². The summed E-state index contributed by atoms with van der Waals surface area (Å²) in [5.41, 5.74) is 1.97. The Kier molecular flexibility index (Phi) is 3.20. The van der Waals surface area contributed by atoms with Crippen molar-refractivity contribution in [3.63, 3.8) is 0 Å². The van der Waals surface area contributed by atoms with Gasteiger partial charge >= 0.3 is 0 Å². The third kappa shape index (κ3) is 2.34. The van der Waals surface area contributed by atoms with Gasteiger partial charge in [-0.25, -0.2) is 0 Å². The van der Waals surface area contributed by atoms with E-state index < -0.39 is 0 Å². The molecule has 88 valence electrons. The lowest BCUT2D eigenvalue weighted by Gasteiger charge is -1.94. The zero-order valence-corrected chi connectivity index (χ0v) is 9.43. The highest BCUT2D eigenvalue weighted by Crippen LogP contribution is 2.24. The third-order valence-corrected chi connectivity index (χ3v) is 2.53. The highest BCUT2D eigenvalue weighted by Gasteiger charge is 2.08. The molecule has 0 aliphatic carbocycles. The van der Waals surface area contributed by atoms with E-state index in [0.717, 1.165) is 23.0 Å². The molecule has 1 aromatic heterocycles. The molecule has 2 rings (SSSR count). The summed E-state index contributed by atoms with van der Waals surface area (Å²) in [5, 5.41) is 14.6. The summed E-state index contributed by atoms with van der Waals surface area (Å²) >= 11 is 0. The van der Waals surface area contributed by atoms with Crippen molar-refractivity contribution in [2.45, 2.75) is 0 Å². The highest BCUT2D eigenvalue weighted by atomic mass is 16.6. The average molecular weight is 231 g/mol. The monoisotopic (exact) mass is 231 g/mol. The number of hydrogen-bond acceptors (Lipinski definition) is 3. The number of H-pyrrole nitrogens is 1. The van der Waals surface area contributed by atoms with Crippen molar-refractivity contribution in [3.05, 3.63) is 46.1 Å². The zero-order chi connectivity index (χ0) is 12.3. The molecule has 0 saturated heterocycles. The summed E-state index contributed by atoms with van der Waals surface area (Å²) in [5.74, 6) is 0. The normalized spacial score (nSPS) is 11.4. The first-order valence-electron chi connectivity index (χ1n) is 5.29. The van der Waals surface area contributed by atoms with Crippen LogP contribution in [0, 0.1) is 10.1 Å². The van der Waals surface area contributed by atoms with E-state index in [1.54, 1.807) is 12.1 Å². The summed E-state index contributed by atoms with van der Waals surface area (Å²) in [6, 6.07) is 4.81. The van der Waals surface area contributed by atoms with Gasteiger partial charge in [-0.05, 0) is 18.7 Å². The lowest BCUT2D eigenvalue weighted by Crippen LogP contribution is -2.03. The fourth-order valence-electron chi connectivity index (χ4n) is 1.69. The minimum absolute atomic E-state index is 0.111. The fraction of sp³-hybridized carbons (Fsp3) is 0.167. The zero-order valence-electron chi connectivity index (χ0n) is 9.43. The van der Waals surface area contributed by atoms with Crippen LogP contribution in [0.15, 0.2) is 30.5 Å². The fourth-order valence-corrected chi connectivity index (χ4v) is 1.69. The van der Waals surface area contributed by atoms with Crippen LogP contribution in [0.5, 0.6) is 0 Å². The molecule has 0 bridgehead atoms. The second-order valence-corrected chi connectivity index (χ2v) is 3.69. The molecule has 1 aromatic carbocycles. The maximum absolute atomic E-state index is 10.7. The van der Waals surface area contributed by atoms with Gasteiger partial charge in [0.2, 0.25) is 0 Å². The van der Waals surface area contributed by atoms with Gasteiger partial charge in [0, 0.05) is 35.8 Å². The van der Waals surface area contributed by atoms with Gasteiger partial charge in [0.1, 0.15) is 0 Å². The van der Waals surface area contributed by atoms with Crippen LogP contribution in [0.25, 0.3) is 17.0 Å². The Hall–Kier alpha value is -2.14. The van der Waals surface area contributed by atoms with E-state index in [4.69, 9.17) is 0 Å². The van der Waals surface area contributed by atoms with Crippen molar-refractivity contribution in [1.82, 2.24) is 10.3 Å². The molecule has 0 amide bonds. The Morgan fingerprint density at radius 1 is 1.53 bits per heavy atom. The molecule has 17 heavy (non-hydrogen) atoms.